The van der Waals surface area contributed by atoms with E-state index in [1.54, 1.807) is 0 Å². The van der Waals surface area contributed by atoms with Crippen molar-refractivity contribution in [3.05, 3.63) is 40.0 Å². The Morgan fingerprint density at radius 1 is 1.16 bits per heavy atom. The first-order valence-electron chi connectivity index (χ1n) is 8.46. The first-order valence-corrected chi connectivity index (χ1v) is 9.25. The highest BCUT2D eigenvalue weighted by atomic mass is 79.9. The van der Waals surface area contributed by atoms with Crippen molar-refractivity contribution in [3.8, 4) is 5.75 Å². The third-order valence-corrected chi connectivity index (χ3v) is 5.08. The zero-order chi connectivity index (χ0) is 17.2. The van der Waals surface area contributed by atoms with E-state index < -0.39 is 0 Å². The number of halogens is 1. The molecule has 0 bridgehead atoms. The summed E-state index contributed by atoms with van der Waals surface area (Å²) in [5.41, 5.74) is 8.47. The van der Waals surface area contributed by atoms with Crippen LogP contribution < -0.4 is 15.4 Å². The van der Waals surface area contributed by atoms with Gasteiger partial charge in [0.05, 0.1) is 5.70 Å². The van der Waals surface area contributed by atoms with Gasteiger partial charge in [-0.15, -0.1) is 5.10 Å². The maximum Gasteiger partial charge on any atom is 0.241 e. The SMILES string of the molecule is Nc1n[nH]c(N2CCN(C(COc3ccc(Br)cc3)=C3CC3)CC2)n1. The van der Waals surface area contributed by atoms with E-state index in [-0.39, 0.29) is 0 Å². The zero-order valence-electron chi connectivity index (χ0n) is 13.9. The minimum atomic E-state index is 0.293. The number of piperazine rings is 1. The van der Waals surface area contributed by atoms with Crippen molar-refractivity contribution in [2.75, 3.05) is 43.4 Å². The van der Waals surface area contributed by atoms with Gasteiger partial charge in [0.15, 0.2) is 0 Å². The van der Waals surface area contributed by atoms with Crippen LogP contribution in [0.15, 0.2) is 40.0 Å². The standard InChI is InChI=1S/C17H21BrN6O/c18-13-3-5-14(6-4-13)25-11-15(12-1-2-12)23-7-9-24(10-8-23)17-20-16(19)21-22-17/h3-6H,1-2,7-11H2,(H3,19,20,21,22). The van der Waals surface area contributed by atoms with Crippen molar-refractivity contribution in [3.63, 3.8) is 0 Å². The molecule has 2 heterocycles. The van der Waals surface area contributed by atoms with Gasteiger partial charge in [-0.05, 0) is 42.7 Å². The van der Waals surface area contributed by atoms with Crippen molar-refractivity contribution < 1.29 is 4.74 Å². The Hall–Kier alpha value is -2.22. The molecule has 1 aromatic heterocycles. The van der Waals surface area contributed by atoms with Crippen molar-refractivity contribution in [1.29, 1.82) is 0 Å². The van der Waals surface area contributed by atoms with E-state index in [9.17, 15) is 0 Å². The summed E-state index contributed by atoms with van der Waals surface area (Å²) in [5, 5.41) is 6.79. The molecule has 0 amide bonds. The molecule has 0 unspecified atom stereocenters. The summed E-state index contributed by atoms with van der Waals surface area (Å²) >= 11 is 3.45. The van der Waals surface area contributed by atoms with Crippen LogP contribution in [0.3, 0.4) is 0 Å². The second-order valence-electron chi connectivity index (χ2n) is 6.28. The molecule has 0 atom stereocenters. The smallest absolute Gasteiger partial charge is 0.241 e. The molecule has 2 fully saturated rings. The molecule has 2 aliphatic rings. The number of allylic oxidation sites excluding steroid dienone is 1. The van der Waals surface area contributed by atoms with Gasteiger partial charge in [0.25, 0.3) is 0 Å². The monoisotopic (exact) mass is 404 g/mol. The van der Waals surface area contributed by atoms with Gasteiger partial charge in [0.1, 0.15) is 12.4 Å². The van der Waals surface area contributed by atoms with Gasteiger partial charge in [0.2, 0.25) is 11.9 Å². The third-order valence-electron chi connectivity index (χ3n) is 4.55. The lowest BCUT2D eigenvalue weighted by atomic mass is 10.2. The first-order chi connectivity index (χ1) is 12.2. The maximum atomic E-state index is 6.01. The van der Waals surface area contributed by atoms with E-state index in [4.69, 9.17) is 10.5 Å². The van der Waals surface area contributed by atoms with Crippen LogP contribution in [0.5, 0.6) is 5.75 Å². The number of H-pyrrole nitrogens is 1. The number of aromatic amines is 1. The van der Waals surface area contributed by atoms with Crippen molar-refractivity contribution in [1.82, 2.24) is 20.1 Å². The predicted octanol–water partition coefficient (Wildman–Crippen LogP) is 2.40. The van der Waals surface area contributed by atoms with Gasteiger partial charge < -0.3 is 20.3 Å². The lowest BCUT2D eigenvalue weighted by molar-refractivity contribution is 0.253. The van der Waals surface area contributed by atoms with Crippen LogP contribution in [-0.2, 0) is 0 Å². The number of nitrogens with one attached hydrogen (secondary N) is 1. The van der Waals surface area contributed by atoms with Crippen LogP contribution in [0.25, 0.3) is 0 Å². The summed E-state index contributed by atoms with van der Waals surface area (Å²) in [5.74, 6) is 1.95. The molecule has 8 heteroatoms. The molecule has 1 aromatic carbocycles. The minimum Gasteiger partial charge on any atom is -0.487 e. The Morgan fingerprint density at radius 3 is 2.48 bits per heavy atom. The number of rotatable bonds is 5. The number of ether oxygens (including phenoxy) is 1. The molecule has 3 N–H and O–H groups in total. The molecule has 25 heavy (non-hydrogen) atoms. The maximum absolute atomic E-state index is 6.01. The summed E-state index contributed by atoms with van der Waals surface area (Å²) in [6.07, 6.45) is 2.38. The summed E-state index contributed by atoms with van der Waals surface area (Å²) in [6.45, 7) is 4.31. The van der Waals surface area contributed by atoms with Crippen LogP contribution >= 0.6 is 15.9 Å². The molecule has 0 spiro atoms. The summed E-state index contributed by atoms with van der Waals surface area (Å²) < 4.78 is 7.07. The molecular weight excluding hydrogens is 384 g/mol. The molecule has 1 saturated heterocycles. The fourth-order valence-electron chi connectivity index (χ4n) is 3.05. The average molecular weight is 405 g/mol. The molecule has 1 aliphatic carbocycles. The Bertz CT molecular complexity index is 758. The fourth-order valence-corrected chi connectivity index (χ4v) is 3.31. The highest BCUT2D eigenvalue weighted by Crippen LogP contribution is 2.34. The number of nitrogen functional groups attached to an aromatic ring is 1. The van der Waals surface area contributed by atoms with E-state index in [2.05, 4.69) is 40.9 Å². The van der Waals surface area contributed by atoms with Crippen molar-refractivity contribution in [2.24, 2.45) is 0 Å². The third kappa shape index (κ3) is 3.89. The highest BCUT2D eigenvalue weighted by Gasteiger charge is 2.26. The fraction of sp³-hybridized carbons (Fsp3) is 0.412. The van der Waals surface area contributed by atoms with Crippen molar-refractivity contribution >= 4 is 27.8 Å². The number of anilines is 2. The molecule has 1 saturated carbocycles. The number of nitrogens with two attached hydrogens (primary N) is 1. The van der Waals surface area contributed by atoms with Crippen LogP contribution in [0, 0.1) is 0 Å². The average Bonchev–Trinajstić information content (AvgIpc) is 3.37. The molecule has 0 radical (unpaired) electrons. The van der Waals surface area contributed by atoms with Gasteiger partial charge >= 0.3 is 0 Å². The summed E-state index contributed by atoms with van der Waals surface area (Å²) in [4.78, 5) is 8.84. The molecule has 4 rings (SSSR count). The molecule has 2 aromatic rings. The lowest BCUT2D eigenvalue weighted by Crippen LogP contribution is -2.47. The van der Waals surface area contributed by atoms with Crippen molar-refractivity contribution in [2.45, 2.75) is 12.8 Å². The van der Waals surface area contributed by atoms with E-state index in [1.807, 2.05) is 24.3 Å². The van der Waals surface area contributed by atoms with E-state index >= 15 is 0 Å². The van der Waals surface area contributed by atoms with E-state index in [1.165, 1.54) is 24.1 Å². The summed E-state index contributed by atoms with van der Waals surface area (Å²) in [7, 11) is 0. The van der Waals surface area contributed by atoms with Crippen LogP contribution in [0.2, 0.25) is 0 Å². The van der Waals surface area contributed by atoms with Gasteiger partial charge in [0, 0.05) is 30.7 Å². The Morgan fingerprint density at radius 2 is 1.88 bits per heavy atom. The topological polar surface area (TPSA) is 83.3 Å². The molecule has 1 aliphatic heterocycles. The normalized spacial score (nSPS) is 16.9. The molecule has 132 valence electrons. The van der Waals surface area contributed by atoms with E-state index in [0.717, 1.165) is 42.3 Å². The summed E-state index contributed by atoms with van der Waals surface area (Å²) in [6, 6.07) is 7.99. The van der Waals surface area contributed by atoms with E-state index in [0.29, 0.717) is 12.6 Å². The number of aromatic nitrogens is 3. The Labute approximate surface area is 155 Å². The second kappa shape index (κ2) is 6.95. The Balaban J connectivity index is 1.36. The second-order valence-corrected chi connectivity index (χ2v) is 7.20. The Kier molecular flexibility index (Phi) is 4.52. The highest BCUT2D eigenvalue weighted by molar-refractivity contribution is 9.10. The molecule has 7 nitrogen and oxygen atoms in total. The largest absolute Gasteiger partial charge is 0.487 e. The minimum absolute atomic E-state index is 0.293. The lowest BCUT2D eigenvalue weighted by Gasteiger charge is -2.37. The number of hydrogen-bond donors (Lipinski definition) is 2. The quantitative estimate of drug-likeness (QED) is 0.795. The zero-order valence-corrected chi connectivity index (χ0v) is 15.5. The van der Waals surface area contributed by atoms with Gasteiger partial charge in [-0.25, -0.2) is 5.10 Å². The number of hydrogen-bond acceptors (Lipinski definition) is 6. The van der Waals surface area contributed by atoms with Gasteiger partial charge in [-0.1, -0.05) is 15.9 Å². The van der Waals surface area contributed by atoms with Crippen LogP contribution in [0.1, 0.15) is 12.8 Å². The predicted molar refractivity (Wildman–Crippen MR) is 100 cm³/mol. The van der Waals surface area contributed by atoms with Gasteiger partial charge in [-0.2, -0.15) is 4.98 Å². The van der Waals surface area contributed by atoms with Crippen LogP contribution in [0.4, 0.5) is 11.9 Å². The number of benzene rings is 1. The molecular formula is C17H21BrN6O. The first kappa shape index (κ1) is 16.3. The van der Waals surface area contributed by atoms with Gasteiger partial charge in [-0.3, -0.25) is 0 Å². The number of nitrogens with zero attached hydrogens (tertiary/aromatic N) is 4. The van der Waals surface area contributed by atoms with Crippen LogP contribution in [-0.4, -0.2) is 52.9 Å².